The van der Waals surface area contributed by atoms with Crippen molar-refractivity contribution in [1.29, 1.82) is 0 Å². The summed E-state index contributed by atoms with van der Waals surface area (Å²) in [5.41, 5.74) is 1.06. The van der Waals surface area contributed by atoms with Crippen LogP contribution in [0.3, 0.4) is 0 Å². The number of carbonyl (C=O) groups is 1. The van der Waals surface area contributed by atoms with Gasteiger partial charge in [0.2, 0.25) is 0 Å². The van der Waals surface area contributed by atoms with Gasteiger partial charge in [-0.25, -0.2) is 4.39 Å². The van der Waals surface area contributed by atoms with Crippen molar-refractivity contribution < 1.29 is 13.9 Å². The summed E-state index contributed by atoms with van der Waals surface area (Å²) in [7, 11) is 1.41. The fourth-order valence-corrected chi connectivity index (χ4v) is 2.28. The minimum absolute atomic E-state index is 0. The molecule has 1 aliphatic rings. The molecule has 0 saturated carbocycles. The molecule has 1 fully saturated rings. The summed E-state index contributed by atoms with van der Waals surface area (Å²) in [6, 6.07) is 6.47. The summed E-state index contributed by atoms with van der Waals surface area (Å²) in [6.07, 6.45) is 0.755. The molecule has 1 aromatic carbocycles. The van der Waals surface area contributed by atoms with Crippen LogP contribution in [0.4, 0.5) is 4.39 Å². The number of piperidine rings is 1. The van der Waals surface area contributed by atoms with Gasteiger partial charge in [-0.3, -0.25) is 4.79 Å². The van der Waals surface area contributed by atoms with Gasteiger partial charge in [-0.1, -0.05) is 12.1 Å². The average molecular weight is 274 g/mol. The zero-order chi connectivity index (χ0) is 12.3. The van der Waals surface area contributed by atoms with Crippen molar-refractivity contribution in [2.45, 2.75) is 12.3 Å². The third kappa shape index (κ3) is 3.43. The Morgan fingerprint density at radius 2 is 2.00 bits per heavy atom. The predicted molar refractivity (Wildman–Crippen MR) is 69.4 cm³/mol. The molecule has 18 heavy (non-hydrogen) atoms. The lowest BCUT2D eigenvalue weighted by Gasteiger charge is -2.28. The van der Waals surface area contributed by atoms with Crippen molar-refractivity contribution in [2.24, 2.45) is 5.92 Å². The smallest absolute Gasteiger partial charge is 0.309 e. The van der Waals surface area contributed by atoms with Crippen LogP contribution in [0.2, 0.25) is 0 Å². The van der Waals surface area contributed by atoms with Crippen molar-refractivity contribution >= 4 is 18.4 Å². The number of hydrogen-bond acceptors (Lipinski definition) is 3. The van der Waals surface area contributed by atoms with E-state index in [2.05, 4.69) is 5.32 Å². The molecule has 0 radical (unpaired) electrons. The van der Waals surface area contributed by atoms with Crippen molar-refractivity contribution in [3.8, 4) is 0 Å². The molecule has 1 N–H and O–H groups in total. The van der Waals surface area contributed by atoms with Crippen molar-refractivity contribution in [1.82, 2.24) is 5.32 Å². The monoisotopic (exact) mass is 273 g/mol. The van der Waals surface area contributed by atoms with Crippen LogP contribution in [0.5, 0.6) is 0 Å². The van der Waals surface area contributed by atoms with E-state index in [0.717, 1.165) is 18.5 Å². The van der Waals surface area contributed by atoms with E-state index in [9.17, 15) is 9.18 Å². The Morgan fingerprint density at radius 3 is 2.61 bits per heavy atom. The van der Waals surface area contributed by atoms with Gasteiger partial charge in [0.05, 0.1) is 13.0 Å². The largest absolute Gasteiger partial charge is 0.469 e. The Hall–Kier alpha value is -1.13. The number of methoxy groups -OCH3 is 1. The molecule has 2 atom stereocenters. The number of ether oxygens (including phenoxy) is 1. The molecule has 5 heteroatoms. The quantitative estimate of drug-likeness (QED) is 0.839. The summed E-state index contributed by atoms with van der Waals surface area (Å²) in [5, 5.41) is 3.22. The minimum atomic E-state index is -0.234. The van der Waals surface area contributed by atoms with Gasteiger partial charge in [-0.05, 0) is 30.0 Å². The van der Waals surface area contributed by atoms with E-state index in [1.807, 2.05) is 0 Å². The second-order valence-corrected chi connectivity index (χ2v) is 4.36. The first-order valence-electron chi connectivity index (χ1n) is 5.74. The lowest BCUT2D eigenvalue weighted by Crippen LogP contribution is -2.39. The molecule has 1 aromatic rings. The Bertz CT molecular complexity index is 396. The first-order valence-corrected chi connectivity index (χ1v) is 5.74. The molecule has 1 saturated heterocycles. The fourth-order valence-electron chi connectivity index (χ4n) is 2.28. The van der Waals surface area contributed by atoms with Gasteiger partial charge < -0.3 is 10.1 Å². The average Bonchev–Trinajstić information content (AvgIpc) is 2.39. The van der Waals surface area contributed by atoms with Crippen LogP contribution in [0.15, 0.2) is 24.3 Å². The summed E-state index contributed by atoms with van der Waals surface area (Å²) in [5.74, 6) is -0.274. The Kier molecular flexibility index (Phi) is 5.56. The van der Waals surface area contributed by atoms with Crippen LogP contribution in [-0.2, 0) is 9.53 Å². The topological polar surface area (TPSA) is 38.3 Å². The molecule has 1 heterocycles. The number of esters is 1. The van der Waals surface area contributed by atoms with Gasteiger partial charge >= 0.3 is 5.97 Å². The highest BCUT2D eigenvalue weighted by Crippen LogP contribution is 2.27. The van der Waals surface area contributed by atoms with E-state index in [1.54, 1.807) is 12.1 Å². The zero-order valence-corrected chi connectivity index (χ0v) is 11.0. The van der Waals surface area contributed by atoms with E-state index >= 15 is 0 Å². The predicted octanol–water partition coefficient (Wildman–Crippen LogP) is 2.11. The highest BCUT2D eigenvalue weighted by Gasteiger charge is 2.28. The normalized spacial score (nSPS) is 23.0. The van der Waals surface area contributed by atoms with E-state index in [1.165, 1.54) is 19.2 Å². The highest BCUT2D eigenvalue weighted by atomic mass is 35.5. The van der Waals surface area contributed by atoms with Gasteiger partial charge in [0.15, 0.2) is 0 Å². The second-order valence-electron chi connectivity index (χ2n) is 4.36. The Labute approximate surface area is 112 Å². The van der Waals surface area contributed by atoms with Gasteiger partial charge in [0.25, 0.3) is 0 Å². The SMILES string of the molecule is COC(=O)C1CNCC(c2ccc(F)cc2)C1.Cl. The van der Waals surface area contributed by atoms with Gasteiger partial charge in [-0.2, -0.15) is 0 Å². The Morgan fingerprint density at radius 1 is 1.33 bits per heavy atom. The summed E-state index contributed by atoms with van der Waals surface area (Å²) >= 11 is 0. The van der Waals surface area contributed by atoms with Crippen molar-refractivity contribution in [3.63, 3.8) is 0 Å². The van der Waals surface area contributed by atoms with Crippen molar-refractivity contribution in [3.05, 3.63) is 35.6 Å². The first-order chi connectivity index (χ1) is 8.20. The highest BCUT2D eigenvalue weighted by molar-refractivity contribution is 5.85. The third-order valence-corrected chi connectivity index (χ3v) is 3.23. The lowest BCUT2D eigenvalue weighted by atomic mass is 9.85. The molecule has 0 bridgehead atoms. The summed E-state index contributed by atoms with van der Waals surface area (Å²) in [4.78, 5) is 11.5. The number of benzene rings is 1. The van der Waals surface area contributed by atoms with Crippen LogP contribution in [0.1, 0.15) is 17.9 Å². The van der Waals surface area contributed by atoms with Crippen molar-refractivity contribution in [2.75, 3.05) is 20.2 Å². The number of carbonyl (C=O) groups excluding carboxylic acids is 1. The molecule has 0 amide bonds. The number of rotatable bonds is 2. The van der Waals surface area contributed by atoms with Crippen LogP contribution < -0.4 is 5.32 Å². The lowest BCUT2D eigenvalue weighted by molar-refractivity contribution is -0.146. The van der Waals surface area contributed by atoms with Gasteiger partial charge in [0, 0.05) is 13.1 Å². The van der Waals surface area contributed by atoms with Crippen LogP contribution in [-0.4, -0.2) is 26.2 Å². The van der Waals surface area contributed by atoms with E-state index in [-0.39, 0.29) is 36.0 Å². The maximum atomic E-state index is 12.8. The first kappa shape index (κ1) is 14.9. The minimum Gasteiger partial charge on any atom is -0.469 e. The molecule has 1 aliphatic heterocycles. The van der Waals surface area contributed by atoms with E-state index in [4.69, 9.17) is 4.74 Å². The zero-order valence-electron chi connectivity index (χ0n) is 10.2. The van der Waals surface area contributed by atoms with E-state index in [0.29, 0.717) is 6.54 Å². The number of nitrogens with one attached hydrogen (secondary N) is 1. The maximum Gasteiger partial charge on any atom is 0.309 e. The summed E-state index contributed by atoms with van der Waals surface area (Å²) < 4.78 is 17.6. The molecule has 0 spiro atoms. The molecule has 2 unspecified atom stereocenters. The molecular formula is C13H17ClFNO2. The summed E-state index contributed by atoms with van der Waals surface area (Å²) in [6.45, 7) is 1.48. The van der Waals surface area contributed by atoms with Crippen LogP contribution >= 0.6 is 12.4 Å². The maximum absolute atomic E-state index is 12.8. The van der Waals surface area contributed by atoms with Crippen LogP contribution in [0, 0.1) is 11.7 Å². The van der Waals surface area contributed by atoms with Gasteiger partial charge in [-0.15, -0.1) is 12.4 Å². The van der Waals surface area contributed by atoms with Crippen LogP contribution in [0.25, 0.3) is 0 Å². The number of hydrogen-bond donors (Lipinski definition) is 1. The molecule has 2 rings (SSSR count). The Balaban J connectivity index is 0.00000162. The van der Waals surface area contributed by atoms with Gasteiger partial charge in [0.1, 0.15) is 5.82 Å². The molecule has 100 valence electrons. The fraction of sp³-hybridized carbons (Fsp3) is 0.462. The second kappa shape index (κ2) is 6.71. The molecule has 0 aliphatic carbocycles. The molecule has 3 nitrogen and oxygen atoms in total. The number of halogens is 2. The molecular weight excluding hydrogens is 257 g/mol. The molecule has 0 aromatic heterocycles. The third-order valence-electron chi connectivity index (χ3n) is 3.23. The van der Waals surface area contributed by atoms with E-state index < -0.39 is 0 Å². The standard InChI is InChI=1S/C13H16FNO2.ClH/c1-17-13(16)11-6-10(7-15-8-11)9-2-4-12(14)5-3-9;/h2-5,10-11,15H,6-8H2,1H3;1H.